The molecule has 1 aromatic rings. The van der Waals surface area contributed by atoms with Crippen molar-refractivity contribution in [3.8, 4) is 0 Å². The molecule has 0 aliphatic carbocycles. The van der Waals surface area contributed by atoms with Crippen LogP contribution in [0.15, 0.2) is 30.4 Å². The van der Waals surface area contributed by atoms with Crippen LogP contribution >= 0.6 is 0 Å². The molecule has 16 heavy (non-hydrogen) atoms. The largest absolute Gasteiger partial charge is 0.0955 e. The van der Waals surface area contributed by atoms with Gasteiger partial charge in [-0.3, -0.25) is 0 Å². The van der Waals surface area contributed by atoms with E-state index in [1.54, 1.807) is 0 Å². The first kappa shape index (κ1) is 12.8. The minimum absolute atomic E-state index is 1.08. The van der Waals surface area contributed by atoms with Gasteiger partial charge in [0.25, 0.3) is 0 Å². The van der Waals surface area contributed by atoms with Gasteiger partial charge in [0.2, 0.25) is 0 Å². The standard InChI is InChI=1S/C16H22/c1-7-14(11(2)3)15-9-8-13(6)10-16(15)12(4)5/h8-10H,4,7H2,1-3,5-6H3. The van der Waals surface area contributed by atoms with Crippen LogP contribution in [0.25, 0.3) is 11.1 Å². The van der Waals surface area contributed by atoms with Crippen molar-refractivity contribution in [2.45, 2.75) is 41.0 Å². The summed E-state index contributed by atoms with van der Waals surface area (Å²) in [4.78, 5) is 0. The van der Waals surface area contributed by atoms with Crippen molar-refractivity contribution >= 4 is 11.1 Å². The average Bonchev–Trinajstić information content (AvgIpc) is 2.20. The van der Waals surface area contributed by atoms with Crippen LogP contribution in [0.3, 0.4) is 0 Å². The van der Waals surface area contributed by atoms with Crippen LogP contribution in [0.2, 0.25) is 0 Å². The summed E-state index contributed by atoms with van der Waals surface area (Å²) in [6.45, 7) is 14.9. The molecule has 0 unspecified atom stereocenters. The van der Waals surface area contributed by atoms with Gasteiger partial charge < -0.3 is 0 Å². The topological polar surface area (TPSA) is 0 Å². The summed E-state index contributed by atoms with van der Waals surface area (Å²) in [5.74, 6) is 0. The van der Waals surface area contributed by atoms with Gasteiger partial charge in [-0.1, -0.05) is 48.4 Å². The highest BCUT2D eigenvalue weighted by molar-refractivity contribution is 5.79. The van der Waals surface area contributed by atoms with E-state index in [0.717, 1.165) is 12.0 Å². The summed E-state index contributed by atoms with van der Waals surface area (Å²) in [5.41, 5.74) is 7.92. The van der Waals surface area contributed by atoms with Gasteiger partial charge in [-0.15, -0.1) is 0 Å². The molecule has 0 aromatic heterocycles. The third-order valence-electron chi connectivity index (χ3n) is 2.92. The molecule has 0 heteroatoms. The summed E-state index contributed by atoms with van der Waals surface area (Å²) < 4.78 is 0. The van der Waals surface area contributed by atoms with Gasteiger partial charge in [-0.2, -0.15) is 0 Å². The van der Waals surface area contributed by atoms with Crippen molar-refractivity contribution in [3.63, 3.8) is 0 Å². The second-order valence-electron chi connectivity index (χ2n) is 4.66. The normalized spacial score (nSPS) is 10.1. The molecular formula is C16H22. The molecule has 0 nitrogen and oxygen atoms in total. The van der Waals surface area contributed by atoms with Gasteiger partial charge >= 0.3 is 0 Å². The van der Waals surface area contributed by atoms with Crippen LogP contribution in [-0.4, -0.2) is 0 Å². The zero-order valence-corrected chi connectivity index (χ0v) is 11.1. The molecule has 0 fully saturated rings. The summed E-state index contributed by atoms with van der Waals surface area (Å²) in [5, 5.41) is 0. The summed E-state index contributed by atoms with van der Waals surface area (Å²) >= 11 is 0. The molecule has 0 atom stereocenters. The molecule has 0 radical (unpaired) electrons. The molecule has 0 saturated carbocycles. The third-order valence-corrected chi connectivity index (χ3v) is 2.92. The highest BCUT2D eigenvalue weighted by Crippen LogP contribution is 2.29. The Kier molecular flexibility index (Phi) is 4.12. The van der Waals surface area contributed by atoms with E-state index in [-0.39, 0.29) is 0 Å². The molecule has 0 spiro atoms. The Bertz CT molecular complexity index is 429. The van der Waals surface area contributed by atoms with Crippen LogP contribution in [0.1, 0.15) is 50.8 Å². The van der Waals surface area contributed by atoms with Gasteiger partial charge in [0.15, 0.2) is 0 Å². The lowest BCUT2D eigenvalue weighted by Crippen LogP contribution is -1.93. The van der Waals surface area contributed by atoms with E-state index in [9.17, 15) is 0 Å². The summed E-state index contributed by atoms with van der Waals surface area (Å²) in [6.07, 6.45) is 1.08. The zero-order chi connectivity index (χ0) is 12.3. The Hall–Kier alpha value is -1.30. The molecule has 0 amide bonds. The maximum Gasteiger partial charge on any atom is -0.0150 e. The van der Waals surface area contributed by atoms with E-state index in [0.29, 0.717) is 0 Å². The molecule has 0 aliphatic rings. The molecule has 0 heterocycles. The average molecular weight is 214 g/mol. The Balaban J connectivity index is 3.44. The predicted molar refractivity (Wildman–Crippen MR) is 74.4 cm³/mol. The molecule has 86 valence electrons. The van der Waals surface area contributed by atoms with Gasteiger partial charge in [0.1, 0.15) is 0 Å². The first-order valence-electron chi connectivity index (χ1n) is 5.90. The second kappa shape index (κ2) is 5.16. The maximum absolute atomic E-state index is 4.08. The Morgan fingerprint density at radius 2 is 1.75 bits per heavy atom. The van der Waals surface area contributed by atoms with E-state index in [2.05, 4.69) is 59.4 Å². The van der Waals surface area contributed by atoms with Crippen molar-refractivity contribution in [1.29, 1.82) is 0 Å². The minimum Gasteiger partial charge on any atom is -0.0955 e. The Labute approximate surface area is 99.7 Å². The maximum atomic E-state index is 4.08. The highest BCUT2D eigenvalue weighted by atomic mass is 14.1. The van der Waals surface area contributed by atoms with Crippen LogP contribution in [0.5, 0.6) is 0 Å². The second-order valence-corrected chi connectivity index (χ2v) is 4.66. The number of rotatable bonds is 3. The minimum atomic E-state index is 1.08. The predicted octanol–water partition coefficient (Wildman–Crippen LogP) is 5.23. The van der Waals surface area contributed by atoms with Gasteiger partial charge in [-0.05, 0) is 50.8 Å². The fourth-order valence-corrected chi connectivity index (χ4v) is 2.09. The Morgan fingerprint density at radius 1 is 1.12 bits per heavy atom. The molecule has 0 N–H and O–H groups in total. The van der Waals surface area contributed by atoms with E-state index < -0.39 is 0 Å². The lowest BCUT2D eigenvalue weighted by atomic mass is 9.91. The molecule has 1 rings (SSSR count). The van der Waals surface area contributed by atoms with E-state index in [1.165, 1.54) is 27.8 Å². The fraction of sp³-hybridized carbons (Fsp3) is 0.375. The highest BCUT2D eigenvalue weighted by Gasteiger charge is 2.08. The smallest absolute Gasteiger partial charge is 0.0150 e. The van der Waals surface area contributed by atoms with Gasteiger partial charge in [-0.25, -0.2) is 0 Å². The van der Waals surface area contributed by atoms with Gasteiger partial charge in [0.05, 0.1) is 0 Å². The monoisotopic (exact) mass is 214 g/mol. The fourth-order valence-electron chi connectivity index (χ4n) is 2.09. The summed E-state index contributed by atoms with van der Waals surface area (Å²) in [6, 6.07) is 6.64. The SMILES string of the molecule is C=C(C)c1cc(C)ccc1C(CC)=C(C)C. The van der Waals surface area contributed by atoms with Crippen molar-refractivity contribution in [3.05, 3.63) is 47.0 Å². The first-order chi connectivity index (χ1) is 7.47. The van der Waals surface area contributed by atoms with Crippen molar-refractivity contribution < 1.29 is 0 Å². The number of allylic oxidation sites excluding steroid dienone is 3. The van der Waals surface area contributed by atoms with Crippen molar-refractivity contribution in [2.75, 3.05) is 0 Å². The van der Waals surface area contributed by atoms with Crippen LogP contribution < -0.4 is 0 Å². The number of aryl methyl sites for hydroxylation is 1. The van der Waals surface area contributed by atoms with E-state index in [4.69, 9.17) is 0 Å². The number of hydrogen-bond acceptors (Lipinski definition) is 0. The Morgan fingerprint density at radius 3 is 2.19 bits per heavy atom. The van der Waals surface area contributed by atoms with Crippen LogP contribution in [0, 0.1) is 6.92 Å². The van der Waals surface area contributed by atoms with Crippen LogP contribution in [-0.2, 0) is 0 Å². The molecular weight excluding hydrogens is 192 g/mol. The lowest BCUT2D eigenvalue weighted by Gasteiger charge is -2.14. The first-order valence-corrected chi connectivity index (χ1v) is 5.90. The van der Waals surface area contributed by atoms with Crippen LogP contribution in [0.4, 0.5) is 0 Å². The van der Waals surface area contributed by atoms with Crippen molar-refractivity contribution in [1.82, 2.24) is 0 Å². The summed E-state index contributed by atoms with van der Waals surface area (Å²) in [7, 11) is 0. The van der Waals surface area contributed by atoms with E-state index >= 15 is 0 Å². The van der Waals surface area contributed by atoms with Crippen molar-refractivity contribution in [2.24, 2.45) is 0 Å². The quantitative estimate of drug-likeness (QED) is 0.646. The zero-order valence-electron chi connectivity index (χ0n) is 11.1. The third kappa shape index (κ3) is 2.63. The van der Waals surface area contributed by atoms with E-state index in [1.807, 2.05) is 0 Å². The molecule has 0 aliphatic heterocycles. The molecule has 1 aromatic carbocycles. The number of benzene rings is 1. The lowest BCUT2D eigenvalue weighted by molar-refractivity contribution is 1.19. The number of hydrogen-bond donors (Lipinski definition) is 0. The molecule has 0 saturated heterocycles. The van der Waals surface area contributed by atoms with Gasteiger partial charge in [0, 0.05) is 0 Å². The molecule has 0 bridgehead atoms.